The molecule has 0 aliphatic carbocycles. The third kappa shape index (κ3) is 9.36. The van der Waals surface area contributed by atoms with Gasteiger partial charge in [-0.05, 0) is 74.8 Å². The van der Waals surface area contributed by atoms with Gasteiger partial charge in [0.1, 0.15) is 11.9 Å². The molecule has 4 N–H and O–H groups in total. The highest BCUT2D eigenvalue weighted by Crippen LogP contribution is 2.27. The van der Waals surface area contributed by atoms with Crippen molar-refractivity contribution in [2.24, 2.45) is 11.1 Å². The summed E-state index contributed by atoms with van der Waals surface area (Å²) in [6.07, 6.45) is 3.33. The number of amides is 3. The lowest BCUT2D eigenvalue weighted by Crippen LogP contribution is -2.58. The van der Waals surface area contributed by atoms with E-state index in [0.717, 1.165) is 24.0 Å². The molecule has 42 heavy (non-hydrogen) atoms. The Bertz CT molecular complexity index is 1170. The largest absolute Gasteiger partial charge is 0.342 e. The number of carbonyl (C=O) groups is 3. The van der Waals surface area contributed by atoms with Crippen molar-refractivity contribution in [2.75, 3.05) is 26.7 Å². The second kappa shape index (κ2) is 15.3. The van der Waals surface area contributed by atoms with Crippen LogP contribution in [0.2, 0.25) is 0 Å². The maximum absolute atomic E-state index is 13.8. The highest BCUT2D eigenvalue weighted by molar-refractivity contribution is 5.90. The number of nitrogens with one attached hydrogen (secondary N) is 2. The summed E-state index contributed by atoms with van der Waals surface area (Å²) in [6, 6.07) is 14.2. The van der Waals surface area contributed by atoms with Crippen molar-refractivity contribution in [1.29, 1.82) is 0 Å². The number of hydrogen-bond donors (Lipinski definition) is 3. The number of carbonyl (C=O) groups excluding carboxylic acids is 3. The first-order valence-corrected chi connectivity index (χ1v) is 15.0. The Morgan fingerprint density at radius 1 is 1.05 bits per heavy atom. The van der Waals surface area contributed by atoms with E-state index in [1.165, 1.54) is 12.1 Å². The normalized spacial score (nSPS) is 17.4. The summed E-state index contributed by atoms with van der Waals surface area (Å²) in [5.74, 6) is -0.790. The molecule has 8 nitrogen and oxygen atoms in total. The summed E-state index contributed by atoms with van der Waals surface area (Å²) in [4.78, 5) is 43.8. The Morgan fingerprint density at radius 3 is 2.33 bits per heavy atom. The zero-order valence-corrected chi connectivity index (χ0v) is 25.7. The molecule has 0 unspecified atom stereocenters. The number of benzene rings is 2. The van der Waals surface area contributed by atoms with Crippen LogP contribution in [0, 0.1) is 11.2 Å². The standard InChI is InChI=1S/C33H48FN5O3/c1-23(36-5)30(40)37-29(33(2,3)4)32(42)39-19-9-12-27(39)18-21-38(20-17-24-10-7-6-8-11-24)31(41)28(35)22-25-13-15-26(34)16-14-25/h6-8,10-11,13-16,23,27-29,36H,9,12,17-22,35H2,1-5H3,(H,37,40)/t23-,27-,28+,29+/m0/s1. The lowest BCUT2D eigenvalue weighted by atomic mass is 9.85. The molecular formula is C33H48FN5O3. The third-order valence-corrected chi connectivity index (χ3v) is 8.13. The molecule has 0 bridgehead atoms. The smallest absolute Gasteiger partial charge is 0.245 e. The second-order valence-electron chi connectivity index (χ2n) is 12.4. The first kappa shape index (κ1) is 33.2. The van der Waals surface area contributed by atoms with Crippen LogP contribution in [0.15, 0.2) is 54.6 Å². The van der Waals surface area contributed by atoms with Gasteiger partial charge in [0, 0.05) is 25.7 Å². The Morgan fingerprint density at radius 2 is 1.71 bits per heavy atom. The average Bonchev–Trinajstić information content (AvgIpc) is 3.44. The molecule has 9 heteroatoms. The van der Waals surface area contributed by atoms with Gasteiger partial charge in [0.15, 0.2) is 0 Å². The number of nitrogens with zero attached hydrogens (tertiary/aromatic N) is 2. The fourth-order valence-electron chi connectivity index (χ4n) is 5.38. The minimum atomic E-state index is -0.762. The van der Waals surface area contributed by atoms with Crippen LogP contribution in [-0.4, -0.2) is 78.4 Å². The molecule has 3 amide bonds. The van der Waals surface area contributed by atoms with E-state index in [4.69, 9.17) is 5.73 Å². The molecule has 3 rings (SSSR count). The molecule has 1 aliphatic rings. The fraction of sp³-hybridized carbons (Fsp3) is 0.545. The van der Waals surface area contributed by atoms with Crippen LogP contribution in [0.25, 0.3) is 0 Å². The minimum Gasteiger partial charge on any atom is -0.342 e. The number of hydrogen-bond acceptors (Lipinski definition) is 5. The van der Waals surface area contributed by atoms with Crippen molar-refractivity contribution in [3.8, 4) is 0 Å². The molecule has 4 atom stereocenters. The van der Waals surface area contributed by atoms with E-state index in [0.29, 0.717) is 38.9 Å². The first-order chi connectivity index (χ1) is 19.9. The minimum absolute atomic E-state index is 0.0404. The molecule has 0 saturated carbocycles. The molecule has 230 valence electrons. The number of halogens is 1. The first-order valence-electron chi connectivity index (χ1n) is 15.0. The van der Waals surface area contributed by atoms with Crippen molar-refractivity contribution in [3.63, 3.8) is 0 Å². The van der Waals surface area contributed by atoms with Gasteiger partial charge < -0.3 is 26.2 Å². The Balaban J connectivity index is 1.72. The highest BCUT2D eigenvalue weighted by atomic mass is 19.1. The van der Waals surface area contributed by atoms with E-state index in [2.05, 4.69) is 10.6 Å². The molecule has 0 radical (unpaired) electrons. The van der Waals surface area contributed by atoms with Crippen LogP contribution in [0.4, 0.5) is 4.39 Å². The monoisotopic (exact) mass is 581 g/mol. The topological polar surface area (TPSA) is 108 Å². The maximum atomic E-state index is 13.8. The highest BCUT2D eigenvalue weighted by Gasteiger charge is 2.40. The third-order valence-electron chi connectivity index (χ3n) is 8.13. The van der Waals surface area contributed by atoms with E-state index in [-0.39, 0.29) is 29.6 Å². The van der Waals surface area contributed by atoms with Crippen molar-refractivity contribution in [3.05, 3.63) is 71.5 Å². The molecule has 0 spiro atoms. The van der Waals surface area contributed by atoms with Crippen LogP contribution >= 0.6 is 0 Å². The molecule has 2 aromatic rings. The van der Waals surface area contributed by atoms with Gasteiger partial charge in [-0.1, -0.05) is 63.2 Å². The molecule has 1 heterocycles. The number of likely N-dealkylation sites (N-methyl/N-ethyl adjacent to an activating group) is 1. The Hall–Kier alpha value is -3.30. The van der Waals surface area contributed by atoms with E-state index >= 15 is 0 Å². The van der Waals surface area contributed by atoms with E-state index in [9.17, 15) is 18.8 Å². The maximum Gasteiger partial charge on any atom is 0.245 e. The van der Waals surface area contributed by atoms with Crippen LogP contribution in [0.1, 0.15) is 58.1 Å². The van der Waals surface area contributed by atoms with E-state index in [1.54, 1.807) is 31.0 Å². The predicted molar refractivity (Wildman–Crippen MR) is 164 cm³/mol. The lowest BCUT2D eigenvalue weighted by molar-refractivity contribution is -0.140. The summed E-state index contributed by atoms with van der Waals surface area (Å²) in [6.45, 7) is 9.21. The summed E-state index contributed by atoms with van der Waals surface area (Å²) in [5.41, 5.74) is 7.84. The van der Waals surface area contributed by atoms with Gasteiger partial charge in [0.25, 0.3) is 0 Å². The molecule has 1 saturated heterocycles. The van der Waals surface area contributed by atoms with E-state index in [1.807, 2.05) is 56.0 Å². The Kier molecular flexibility index (Phi) is 12.1. The average molecular weight is 582 g/mol. The van der Waals surface area contributed by atoms with Gasteiger partial charge in [-0.15, -0.1) is 0 Å². The number of rotatable bonds is 13. The predicted octanol–water partition coefficient (Wildman–Crippen LogP) is 3.29. The SMILES string of the molecule is CN[C@@H](C)C(=O)N[C@H](C(=O)N1CCC[C@H]1CCN(CCc1ccccc1)C(=O)[C@H](N)Cc1ccc(F)cc1)C(C)(C)C. The lowest BCUT2D eigenvalue weighted by Gasteiger charge is -2.37. The zero-order valence-electron chi connectivity index (χ0n) is 25.7. The summed E-state index contributed by atoms with van der Waals surface area (Å²) >= 11 is 0. The zero-order chi connectivity index (χ0) is 30.9. The van der Waals surface area contributed by atoms with Gasteiger partial charge in [0.2, 0.25) is 17.7 Å². The summed E-state index contributed by atoms with van der Waals surface area (Å²) in [7, 11) is 1.71. The van der Waals surface area contributed by atoms with E-state index < -0.39 is 23.5 Å². The van der Waals surface area contributed by atoms with Crippen molar-refractivity contribution in [1.82, 2.24) is 20.4 Å². The van der Waals surface area contributed by atoms with Crippen LogP contribution < -0.4 is 16.4 Å². The fourth-order valence-corrected chi connectivity index (χ4v) is 5.38. The van der Waals surface area contributed by atoms with Crippen LogP contribution in [0.5, 0.6) is 0 Å². The number of nitrogens with two attached hydrogens (primary N) is 1. The number of likely N-dealkylation sites (tertiary alicyclic amines) is 1. The van der Waals surface area contributed by atoms with Gasteiger partial charge in [0.05, 0.1) is 12.1 Å². The summed E-state index contributed by atoms with van der Waals surface area (Å²) in [5, 5.41) is 5.90. The van der Waals surface area contributed by atoms with Crippen molar-refractivity contribution < 1.29 is 18.8 Å². The summed E-state index contributed by atoms with van der Waals surface area (Å²) < 4.78 is 13.4. The van der Waals surface area contributed by atoms with Gasteiger partial charge in [-0.3, -0.25) is 14.4 Å². The van der Waals surface area contributed by atoms with Crippen molar-refractivity contribution >= 4 is 17.7 Å². The van der Waals surface area contributed by atoms with Crippen molar-refractivity contribution in [2.45, 2.75) is 84.0 Å². The Labute approximate surface area is 250 Å². The molecule has 2 aromatic carbocycles. The van der Waals surface area contributed by atoms with Gasteiger partial charge in [-0.2, -0.15) is 0 Å². The van der Waals surface area contributed by atoms with Crippen LogP contribution in [0.3, 0.4) is 0 Å². The molecule has 1 aliphatic heterocycles. The molecule has 1 fully saturated rings. The van der Waals surface area contributed by atoms with Gasteiger partial charge in [-0.25, -0.2) is 4.39 Å². The van der Waals surface area contributed by atoms with Crippen LogP contribution in [-0.2, 0) is 27.2 Å². The molecular weight excluding hydrogens is 533 g/mol. The second-order valence-corrected chi connectivity index (χ2v) is 12.4. The molecule has 0 aromatic heterocycles. The van der Waals surface area contributed by atoms with Gasteiger partial charge >= 0.3 is 0 Å². The quantitative estimate of drug-likeness (QED) is 0.337.